The van der Waals surface area contributed by atoms with Gasteiger partial charge in [-0.1, -0.05) is 54.6 Å². The van der Waals surface area contributed by atoms with Crippen molar-refractivity contribution in [2.24, 2.45) is 17.2 Å². The fourth-order valence-electron chi connectivity index (χ4n) is 10.9. The third kappa shape index (κ3) is 32.6. The second-order valence-corrected chi connectivity index (χ2v) is 29.6. The van der Waals surface area contributed by atoms with Crippen LogP contribution in [0.25, 0.3) is 21.9 Å². The fraction of sp³-hybridized carbons (Fsp3) is 0.282. The van der Waals surface area contributed by atoms with Gasteiger partial charge in [0.15, 0.2) is 5.69 Å². The summed E-state index contributed by atoms with van der Waals surface area (Å²) in [6.45, 7) is 33.2. The average molecular weight is 1700 g/mol. The number of nitrogens with one attached hydrogen (secondary N) is 5. The molecule has 0 unspecified atom stereocenters. The smallest absolute Gasteiger partial charge is 1.00 e. The molecule has 0 saturated carbocycles. The molecule has 0 aliphatic carbocycles. The first-order valence-corrected chi connectivity index (χ1v) is 37.5. The van der Waals surface area contributed by atoms with E-state index in [1.54, 1.807) is 224 Å². The Labute approximate surface area is 737 Å². The van der Waals surface area contributed by atoms with E-state index >= 15 is 0 Å². The molecule has 37 heteroatoms. The molecule has 31 nitrogen and oxygen atoms in total. The number of benzene rings is 6. The Morgan fingerprint density at radius 2 is 0.811 bits per heavy atom. The van der Waals surface area contributed by atoms with Crippen molar-refractivity contribution in [2.75, 3.05) is 42.1 Å². The van der Waals surface area contributed by atoms with Crippen molar-refractivity contribution < 1.29 is 91.9 Å². The number of nitrogens with zero attached hydrogens (tertiary/aromatic N) is 13. The van der Waals surface area contributed by atoms with Crippen molar-refractivity contribution >= 4 is 79.7 Å². The minimum atomic E-state index is -1.06. The first-order valence-electron chi connectivity index (χ1n) is 37.5. The monoisotopic (exact) mass is 1700 g/mol. The summed E-state index contributed by atoms with van der Waals surface area (Å²) in [4.78, 5) is 88.6. The second-order valence-electron chi connectivity index (χ2n) is 29.6. The predicted molar refractivity (Wildman–Crippen MR) is 458 cm³/mol. The molecule has 12 rings (SSSR count). The Kier molecular flexibility index (Phi) is 38.9. The molecule has 0 bridgehead atoms. The summed E-state index contributed by atoms with van der Waals surface area (Å²) in [6, 6.07) is 40.3. The van der Waals surface area contributed by atoms with Crippen LogP contribution >= 0.6 is 12.4 Å². The molecule has 6 aromatic heterocycles. The molecule has 6 heterocycles. The molecule has 3 radical (unpaired) electrons. The van der Waals surface area contributed by atoms with Gasteiger partial charge in [0, 0.05) is 104 Å². The van der Waals surface area contributed by atoms with Gasteiger partial charge in [-0.05, 0) is 202 Å². The molecular formula is C85H100BClF3N21NaO10. The van der Waals surface area contributed by atoms with E-state index < -0.39 is 70.4 Å². The van der Waals surface area contributed by atoms with Crippen LogP contribution in [0.15, 0.2) is 202 Å². The molecule has 637 valence electrons. The molecule has 0 aliphatic rings. The summed E-state index contributed by atoms with van der Waals surface area (Å²) in [5, 5.41) is 27.0. The van der Waals surface area contributed by atoms with Crippen molar-refractivity contribution in [2.45, 2.75) is 133 Å². The van der Waals surface area contributed by atoms with Crippen LogP contribution in [0.4, 0.5) is 50.3 Å². The molecule has 0 fully saturated rings. The Balaban J connectivity index is 0.000000342. The van der Waals surface area contributed by atoms with E-state index in [4.69, 9.17) is 38.0 Å². The SMILES string of the molecule is CC(C)(C)OC(=O)OC(=O)OC(C)(C)C.Cc1cc(C(=O)Nc2cc(Cn3ccnc3)ccc2F)n(-c2cccc(CN)c2)n1.Cc1cc(C(=O)Nc2cc(Cn3ccnc3)ccc2F)n(-c2cccc(CNC(=O)OC(C)(C)C)c2)n1.Cl.NCCNCCN.[B].[C-]#[N+]c1cccc(-n2nc(C)cc2C(=O)Nc2cc(Cn3ccnc3)ccc2F)c1.[H-].[Na+]. The summed E-state index contributed by atoms with van der Waals surface area (Å²) < 4.78 is 72.4. The topological polar surface area (TPSA) is 389 Å². The summed E-state index contributed by atoms with van der Waals surface area (Å²) in [5.74, 6) is -3.03. The molecule has 6 aromatic carbocycles. The third-order valence-electron chi connectivity index (χ3n) is 16.0. The van der Waals surface area contributed by atoms with Gasteiger partial charge in [0.05, 0.1) is 76.8 Å². The first-order chi connectivity index (χ1) is 56.5. The van der Waals surface area contributed by atoms with Gasteiger partial charge in [-0.3, -0.25) is 14.4 Å². The largest absolute Gasteiger partial charge is 1.00 e. The number of nitrogens with two attached hydrogens (primary N) is 3. The van der Waals surface area contributed by atoms with Crippen LogP contribution in [-0.4, -0.2) is 146 Å². The molecule has 11 N–H and O–H groups in total. The maximum Gasteiger partial charge on any atom is 1.00 e. The zero-order valence-corrected chi connectivity index (χ0v) is 73.0. The third-order valence-corrected chi connectivity index (χ3v) is 16.0. The van der Waals surface area contributed by atoms with Crippen molar-refractivity contribution in [3.05, 3.63) is 293 Å². The van der Waals surface area contributed by atoms with Crippen LogP contribution < -0.4 is 73.3 Å². The zero-order chi connectivity index (χ0) is 86.6. The summed E-state index contributed by atoms with van der Waals surface area (Å²) >= 11 is 0. The predicted octanol–water partition coefficient (Wildman–Crippen LogP) is 11.0. The number of alkyl carbamates (subject to hydrolysis) is 1. The van der Waals surface area contributed by atoms with Crippen LogP contribution in [0.2, 0.25) is 0 Å². The fourth-order valence-corrected chi connectivity index (χ4v) is 10.9. The normalized spacial score (nSPS) is 10.7. The number of hydrogen-bond donors (Lipinski definition) is 8. The van der Waals surface area contributed by atoms with E-state index in [1.807, 2.05) is 56.3 Å². The quantitative estimate of drug-likeness (QED) is 0.00780. The molecule has 12 aromatic rings. The van der Waals surface area contributed by atoms with Crippen molar-refractivity contribution in [1.29, 1.82) is 0 Å². The van der Waals surface area contributed by atoms with Crippen LogP contribution in [0.3, 0.4) is 0 Å². The average Bonchev–Trinajstić information content (AvgIpc) is 1.69. The van der Waals surface area contributed by atoms with E-state index in [1.165, 1.54) is 32.2 Å². The zero-order valence-electron chi connectivity index (χ0n) is 71.2. The Morgan fingerprint density at radius 1 is 0.467 bits per heavy atom. The Bertz CT molecular complexity index is 5430. The number of ether oxygens (including phenoxy) is 4. The van der Waals surface area contributed by atoms with Gasteiger partial charge in [-0.25, -0.2) is 61.4 Å². The Morgan fingerprint density at radius 3 is 1.14 bits per heavy atom. The van der Waals surface area contributed by atoms with Gasteiger partial charge in [0.2, 0.25) is 0 Å². The summed E-state index contributed by atoms with van der Waals surface area (Å²) in [5.41, 5.74) is 23.6. The second kappa shape index (κ2) is 47.5. The number of carbonyl (C=O) groups excluding carboxylic acids is 6. The number of amides is 4. The molecule has 0 saturated heterocycles. The van der Waals surface area contributed by atoms with Gasteiger partial charge in [-0.15, -0.1) is 12.4 Å². The minimum Gasteiger partial charge on any atom is -1.00 e. The van der Waals surface area contributed by atoms with Crippen LogP contribution in [-0.2, 0) is 51.7 Å². The van der Waals surface area contributed by atoms with Gasteiger partial charge >= 0.3 is 48.0 Å². The maximum absolute atomic E-state index is 14.6. The summed E-state index contributed by atoms with van der Waals surface area (Å²) in [6.07, 6.45) is 12.8. The van der Waals surface area contributed by atoms with Gasteiger partial charge in [0.25, 0.3) is 17.7 Å². The van der Waals surface area contributed by atoms with Crippen molar-refractivity contribution in [1.82, 2.24) is 68.6 Å². The van der Waals surface area contributed by atoms with Gasteiger partial charge < -0.3 is 77.9 Å². The number of carbonyl (C=O) groups is 6. The number of aryl methyl sites for hydroxylation is 3. The van der Waals surface area contributed by atoms with Crippen molar-refractivity contribution in [3.8, 4) is 17.1 Å². The standard InChI is InChI=1S/C27H29FN6O3.C22H17FN6O.C22H21FN6O.C10H18O5.C4H13N3.B.ClH.Na.H/c1-18-12-24(25(35)31-23-14-20(8-9-22(23)28)16-33-11-10-29-17-33)34(32-18)21-7-5-6-19(13-21)15-30-26(36)37-27(2,3)4;1-15-10-21(29(27-15)18-5-3-4-17(12-18)24-2)22(30)26-20-11-16(6-7-19(20)23)13-28-9-8-25-14-28;1-15-9-21(29(27-15)18-4-2-3-16(10-18)12-24)22(30)26-20-11-17(5-6-19(20)23)13-28-8-7-25-14-28;1-9(2,3)14-7(11)13-8(12)15-10(4,5)6;5-1-3-7-4-2-6;;;;/h5-14,17H,15-16H2,1-4H3,(H,30,36)(H,31,35);3-12,14H,13H2,1H3,(H,26,30);2-11,14H,12-13,24H2,1H3,(H,26,30);1-6H3;7H,1-6H2;;1H;;/q;;;;;;;+1;-1. The number of imidazole rings is 3. The van der Waals surface area contributed by atoms with E-state index in [9.17, 15) is 41.9 Å². The summed E-state index contributed by atoms with van der Waals surface area (Å²) in [7, 11) is 0. The van der Waals surface area contributed by atoms with E-state index in [0.717, 1.165) is 40.9 Å². The number of aromatic nitrogens is 12. The maximum atomic E-state index is 14.6. The van der Waals surface area contributed by atoms with E-state index in [-0.39, 0.29) is 86.8 Å². The molecule has 0 spiro atoms. The van der Waals surface area contributed by atoms with Gasteiger partial charge in [0.1, 0.15) is 51.3 Å². The van der Waals surface area contributed by atoms with Crippen LogP contribution in [0.5, 0.6) is 0 Å². The minimum absolute atomic E-state index is 0. The molecule has 0 aliphatic heterocycles. The number of halogens is 4. The van der Waals surface area contributed by atoms with Crippen LogP contribution in [0.1, 0.15) is 140 Å². The van der Waals surface area contributed by atoms with Crippen molar-refractivity contribution in [3.63, 3.8) is 0 Å². The van der Waals surface area contributed by atoms with E-state index in [2.05, 4.69) is 66.4 Å². The number of rotatable bonds is 22. The first kappa shape index (κ1) is 100. The molecule has 0 atom stereocenters. The molecular weight excluding hydrogens is 1600 g/mol. The number of hydrogen-bond acceptors (Lipinski definition) is 20. The molecule has 4 amide bonds. The molecule has 122 heavy (non-hydrogen) atoms. The Hall–Kier alpha value is -12.5. The van der Waals surface area contributed by atoms with Crippen LogP contribution in [0, 0.1) is 44.8 Å². The van der Waals surface area contributed by atoms with E-state index in [0.29, 0.717) is 84.8 Å². The number of anilines is 3. The van der Waals surface area contributed by atoms with Gasteiger partial charge in [-0.2, -0.15) is 15.3 Å².